The number of aliphatic hydroxyl groups excluding tert-OH is 2. The normalized spacial score (nSPS) is 13.7. The van der Waals surface area contributed by atoms with Crippen LogP contribution in [0.3, 0.4) is 0 Å². The number of hydrogen-bond acceptors (Lipinski definition) is 9. The van der Waals surface area contributed by atoms with Gasteiger partial charge < -0.3 is 34.4 Å². The highest BCUT2D eigenvalue weighted by Crippen LogP contribution is 2.52. The summed E-state index contributed by atoms with van der Waals surface area (Å²) in [6.45, 7) is 6.14. The van der Waals surface area contributed by atoms with E-state index in [0.717, 1.165) is 42.3 Å². The van der Waals surface area contributed by atoms with Gasteiger partial charge in [-0.1, -0.05) is 219 Å². The Labute approximate surface area is 406 Å². The third-order valence-corrected chi connectivity index (χ3v) is 13.7. The Hall–Kier alpha value is -1.11. The molecule has 0 aliphatic carbocycles. The molecule has 0 spiro atoms. The van der Waals surface area contributed by atoms with Crippen molar-refractivity contribution in [2.75, 3.05) is 73.9 Å². The number of benzene rings is 1. The summed E-state index contributed by atoms with van der Waals surface area (Å²) < 4.78 is 50.4. The first-order valence-corrected chi connectivity index (χ1v) is 28.6. The summed E-state index contributed by atoms with van der Waals surface area (Å²) in [5.74, 6) is 0.683. The van der Waals surface area contributed by atoms with Gasteiger partial charge in [-0.3, -0.25) is 13.6 Å². The predicted octanol–water partition coefficient (Wildman–Crippen LogP) is 13.9. The molecule has 0 aliphatic rings. The average Bonchev–Trinajstić information content (AvgIpc) is 3.29. The van der Waals surface area contributed by atoms with E-state index in [1.807, 2.05) is 24.3 Å². The fourth-order valence-corrected chi connectivity index (χ4v) is 9.40. The van der Waals surface area contributed by atoms with Crippen LogP contribution in [0.4, 0.5) is 0 Å². The van der Waals surface area contributed by atoms with Gasteiger partial charge in [0.25, 0.3) is 0 Å². The van der Waals surface area contributed by atoms with E-state index in [0.29, 0.717) is 25.6 Å². The summed E-state index contributed by atoms with van der Waals surface area (Å²) in [6, 6.07) is 7.43. The van der Waals surface area contributed by atoms with Gasteiger partial charge in [-0.05, 0) is 30.5 Å². The number of phosphoric acid groups is 1. The van der Waals surface area contributed by atoms with Crippen LogP contribution in [0.15, 0.2) is 24.3 Å². The minimum absolute atomic E-state index is 0. The van der Waals surface area contributed by atoms with Crippen LogP contribution in [0.5, 0.6) is 5.75 Å². The molecule has 0 fully saturated rings. The monoisotopic (exact) mass is 961 g/mol. The van der Waals surface area contributed by atoms with Crippen molar-refractivity contribution in [3.05, 3.63) is 29.8 Å². The second-order valence-electron chi connectivity index (χ2n) is 19.8. The summed E-state index contributed by atoms with van der Waals surface area (Å²) in [6.07, 6.45) is 39.9. The molecule has 1 rings (SSSR count). The van der Waals surface area contributed by atoms with E-state index < -0.39 is 33.2 Å². The number of nitrogens with zero attached hydrogens (tertiary/aromatic N) is 1. The maximum atomic E-state index is 14.2. The molecule has 66 heavy (non-hydrogen) atoms. The van der Waals surface area contributed by atoms with E-state index in [1.54, 1.807) is 0 Å². The SMILES string of the molecule is CCCCCCCCCCCCCCCCCCOCC(CO)OP(=O)(OCc1cccc(OCC[N+](C)(C)C)c1)OC(CO)COCCCCCCCCCCCCCCCCCC.O. The molecule has 0 heterocycles. The lowest BCUT2D eigenvalue weighted by atomic mass is 10.0. The molecule has 392 valence electrons. The molecular weight excluding hydrogens is 854 g/mol. The highest BCUT2D eigenvalue weighted by atomic mass is 31.2. The summed E-state index contributed by atoms with van der Waals surface area (Å²) in [4.78, 5) is 0. The van der Waals surface area contributed by atoms with E-state index in [1.165, 1.54) is 180 Å². The second-order valence-corrected chi connectivity index (χ2v) is 21.4. The van der Waals surface area contributed by atoms with Crippen LogP contribution in [0, 0.1) is 0 Å². The smallest absolute Gasteiger partial charge is 0.475 e. The van der Waals surface area contributed by atoms with Crippen LogP contribution >= 0.6 is 7.82 Å². The number of rotatable bonds is 51. The zero-order valence-corrected chi connectivity index (χ0v) is 44.5. The van der Waals surface area contributed by atoms with Gasteiger partial charge >= 0.3 is 7.82 Å². The number of hydrogen-bond donors (Lipinski definition) is 2. The van der Waals surface area contributed by atoms with Crippen molar-refractivity contribution in [3.8, 4) is 5.75 Å². The van der Waals surface area contributed by atoms with E-state index >= 15 is 0 Å². The highest BCUT2D eigenvalue weighted by molar-refractivity contribution is 7.48. The fraction of sp³-hybridized carbons (Fsp3) is 0.889. The summed E-state index contributed by atoms with van der Waals surface area (Å²) in [5, 5.41) is 20.5. The molecule has 2 unspecified atom stereocenters. The molecule has 0 amide bonds. The number of aliphatic hydroxyl groups is 2. The molecule has 0 bridgehead atoms. The van der Waals surface area contributed by atoms with Crippen LogP contribution in [0.1, 0.15) is 225 Å². The first kappa shape index (κ1) is 64.9. The first-order valence-electron chi connectivity index (χ1n) is 27.2. The maximum absolute atomic E-state index is 14.2. The molecule has 2 atom stereocenters. The third kappa shape index (κ3) is 41.8. The highest BCUT2D eigenvalue weighted by Gasteiger charge is 2.34. The zero-order valence-electron chi connectivity index (χ0n) is 43.6. The molecule has 1 aromatic rings. The molecule has 0 saturated carbocycles. The van der Waals surface area contributed by atoms with Crippen LogP contribution in [-0.4, -0.2) is 106 Å². The molecule has 0 radical (unpaired) electrons. The standard InChI is InChI=1S/C54H105NO9P.H2O/c1-6-8-10-12-14-16-18-20-22-24-26-28-30-32-34-36-42-59-49-53(46-56)63-65(58,62-48-51-39-38-40-52(45-51)61-44-41-55(3,4)5)64-54(47-57)50-60-43-37-35-33-31-29-27-25-23-21-19-17-15-13-11-9-7-2;/h38-40,45,53-54,56-57H,6-37,41-44,46-50H2,1-5H3;1H2/q+1;. The van der Waals surface area contributed by atoms with Gasteiger partial charge in [-0.25, -0.2) is 4.57 Å². The van der Waals surface area contributed by atoms with E-state index in [-0.39, 0.29) is 25.3 Å². The number of quaternary nitrogens is 1. The van der Waals surface area contributed by atoms with Crippen LogP contribution in [-0.2, 0) is 34.2 Å². The van der Waals surface area contributed by atoms with Crippen LogP contribution in [0.25, 0.3) is 0 Å². The Morgan fingerprint density at radius 2 is 0.864 bits per heavy atom. The minimum Gasteiger partial charge on any atom is -0.488 e. The maximum Gasteiger partial charge on any atom is 0.475 e. The van der Waals surface area contributed by atoms with Crippen molar-refractivity contribution in [3.63, 3.8) is 0 Å². The Morgan fingerprint density at radius 1 is 0.515 bits per heavy atom. The Kier molecular flexibility index (Phi) is 45.5. The number of ether oxygens (including phenoxy) is 3. The van der Waals surface area contributed by atoms with Gasteiger partial charge in [0, 0.05) is 13.2 Å². The topological polar surface area (TPSA) is 144 Å². The van der Waals surface area contributed by atoms with Gasteiger partial charge in [0.05, 0.1) is 54.2 Å². The predicted molar refractivity (Wildman–Crippen MR) is 275 cm³/mol. The molecule has 11 nitrogen and oxygen atoms in total. The Bertz CT molecular complexity index is 1150. The zero-order chi connectivity index (χ0) is 47.4. The summed E-state index contributed by atoms with van der Waals surface area (Å²) in [7, 11) is 2.04. The molecule has 0 aromatic heterocycles. The van der Waals surface area contributed by atoms with E-state index in [4.69, 9.17) is 27.8 Å². The van der Waals surface area contributed by atoms with E-state index in [2.05, 4.69) is 35.0 Å². The number of likely N-dealkylation sites (N-methyl/N-ethyl adjacent to an activating group) is 1. The lowest BCUT2D eigenvalue weighted by molar-refractivity contribution is -0.870. The Morgan fingerprint density at radius 3 is 1.20 bits per heavy atom. The van der Waals surface area contributed by atoms with Gasteiger partial charge in [0.1, 0.15) is 31.1 Å². The van der Waals surface area contributed by atoms with Gasteiger partial charge in [0.15, 0.2) is 0 Å². The molecule has 4 N–H and O–H groups in total. The lowest BCUT2D eigenvalue weighted by Gasteiger charge is -2.26. The lowest BCUT2D eigenvalue weighted by Crippen LogP contribution is -2.38. The van der Waals surface area contributed by atoms with Gasteiger partial charge in [-0.2, -0.15) is 0 Å². The van der Waals surface area contributed by atoms with Gasteiger partial charge in [-0.15, -0.1) is 0 Å². The van der Waals surface area contributed by atoms with E-state index in [9.17, 15) is 14.8 Å². The van der Waals surface area contributed by atoms with Crippen molar-refractivity contribution in [2.24, 2.45) is 0 Å². The number of unbranched alkanes of at least 4 members (excludes halogenated alkanes) is 30. The first-order chi connectivity index (χ1) is 31.6. The molecule has 0 aliphatic heterocycles. The third-order valence-electron chi connectivity index (χ3n) is 12.2. The average molecular weight is 961 g/mol. The Balaban J connectivity index is 0.0000422. The van der Waals surface area contributed by atoms with Crippen molar-refractivity contribution in [1.29, 1.82) is 0 Å². The van der Waals surface area contributed by atoms with Crippen molar-refractivity contribution in [2.45, 2.75) is 238 Å². The van der Waals surface area contributed by atoms with Gasteiger partial charge in [0.2, 0.25) is 0 Å². The molecule has 0 saturated heterocycles. The second kappa shape index (κ2) is 46.3. The molecular formula is C54H107NO10P+. The van der Waals surface area contributed by atoms with Crippen molar-refractivity contribution >= 4 is 7.82 Å². The fourth-order valence-electron chi connectivity index (χ4n) is 7.93. The molecule has 1 aromatic carbocycles. The minimum atomic E-state index is -4.30. The largest absolute Gasteiger partial charge is 0.488 e. The molecule has 12 heteroatoms. The number of phosphoric ester groups is 1. The van der Waals surface area contributed by atoms with Crippen LogP contribution in [0.2, 0.25) is 0 Å². The summed E-state index contributed by atoms with van der Waals surface area (Å²) >= 11 is 0. The van der Waals surface area contributed by atoms with Crippen molar-refractivity contribution in [1.82, 2.24) is 0 Å². The van der Waals surface area contributed by atoms with Crippen LogP contribution < -0.4 is 4.74 Å². The van der Waals surface area contributed by atoms with Crippen molar-refractivity contribution < 1.29 is 52.5 Å². The summed E-state index contributed by atoms with van der Waals surface area (Å²) in [5.41, 5.74) is 0.723. The quantitative estimate of drug-likeness (QED) is 0.0370.